The Kier molecular flexibility index (Phi) is 5.89. The SMILES string of the molecule is C=C(C)CNCC(=C)C(=O)OCC. The van der Waals surface area contributed by atoms with Gasteiger partial charge in [0.2, 0.25) is 0 Å². The Labute approximate surface area is 79.5 Å². The van der Waals surface area contributed by atoms with Gasteiger partial charge in [0.25, 0.3) is 0 Å². The second-order valence-corrected chi connectivity index (χ2v) is 2.88. The summed E-state index contributed by atoms with van der Waals surface area (Å²) in [4.78, 5) is 11.0. The molecule has 3 heteroatoms. The molecule has 1 N–H and O–H groups in total. The van der Waals surface area contributed by atoms with Crippen LogP contribution < -0.4 is 5.32 Å². The third kappa shape index (κ3) is 6.11. The largest absolute Gasteiger partial charge is 0.463 e. The van der Waals surface area contributed by atoms with Crippen LogP contribution in [-0.2, 0) is 9.53 Å². The van der Waals surface area contributed by atoms with Crippen molar-refractivity contribution >= 4 is 5.97 Å². The van der Waals surface area contributed by atoms with E-state index in [0.29, 0.717) is 25.3 Å². The minimum absolute atomic E-state index is 0.336. The third-order valence-electron chi connectivity index (χ3n) is 1.33. The number of rotatable bonds is 6. The quantitative estimate of drug-likeness (QED) is 0.383. The lowest BCUT2D eigenvalue weighted by molar-refractivity contribution is -0.138. The summed E-state index contributed by atoms with van der Waals surface area (Å²) in [6, 6.07) is 0. The van der Waals surface area contributed by atoms with Crippen LogP contribution >= 0.6 is 0 Å². The predicted molar refractivity (Wildman–Crippen MR) is 53.5 cm³/mol. The maximum atomic E-state index is 11.0. The lowest BCUT2D eigenvalue weighted by atomic mass is 10.3. The van der Waals surface area contributed by atoms with Crippen LogP contribution in [0.4, 0.5) is 0 Å². The molecule has 0 aliphatic heterocycles. The van der Waals surface area contributed by atoms with Gasteiger partial charge in [0.1, 0.15) is 0 Å². The van der Waals surface area contributed by atoms with E-state index in [9.17, 15) is 4.79 Å². The number of hydrogen-bond donors (Lipinski definition) is 1. The molecule has 0 aromatic rings. The van der Waals surface area contributed by atoms with Crippen molar-refractivity contribution in [3.63, 3.8) is 0 Å². The first-order valence-corrected chi connectivity index (χ1v) is 4.28. The van der Waals surface area contributed by atoms with Crippen molar-refractivity contribution < 1.29 is 9.53 Å². The van der Waals surface area contributed by atoms with Crippen LogP contribution in [0.1, 0.15) is 13.8 Å². The van der Waals surface area contributed by atoms with Gasteiger partial charge in [0.05, 0.1) is 6.61 Å². The van der Waals surface area contributed by atoms with Crippen LogP contribution in [0.3, 0.4) is 0 Å². The fourth-order valence-electron chi connectivity index (χ4n) is 0.732. The number of ether oxygens (including phenoxy) is 1. The maximum Gasteiger partial charge on any atom is 0.334 e. The number of hydrogen-bond acceptors (Lipinski definition) is 3. The van der Waals surface area contributed by atoms with Crippen LogP contribution in [0.2, 0.25) is 0 Å². The first-order valence-electron chi connectivity index (χ1n) is 4.28. The van der Waals surface area contributed by atoms with Crippen molar-refractivity contribution in [3.05, 3.63) is 24.3 Å². The summed E-state index contributed by atoms with van der Waals surface area (Å²) in [6.07, 6.45) is 0. The highest BCUT2D eigenvalue weighted by atomic mass is 16.5. The van der Waals surface area contributed by atoms with E-state index in [0.717, 1.165) is 5.57 Å². The highest BCUT2D eigenvalue weighted by molar-refractivity contribution is 5.88. The molecule has 0 bridgehead atoms. The summed E-state index contributed by atoms with van der Waals surface area (Å²) < 4.78 is 4.76. The molecular weight excluding hydrogens is 166 g/mol. The molecule has 74 valence electrons. The van der Waals surface area contributed by atoms with Gasteiger partial charge < -0.3 is 10.1 Å². The molecule has 0 radical (unpaired) electrons. The maximum absolute atomic E-state index is 11.0. The van der Waals surface area contributed by atoms with Crippen LogP contribution in [0, 0.1) is 0 Å². The molecule has 0 spiro atoms. The number of esters is 1. The van der Waals surface area contributed by atoms with E-state index >= 15 is 0 Å². The van der Waals surface area contributed by atoms with Gasteiger partial charge in [0, 0.05) is 18.7 Å². The first-order chi connectivity index (χ1) is 6.07. The van der Waals surface area contributed by atoms with E-state index in [1.807, 2.05) is 6.92 Å². The van der Waals surface area contributed by atoms with E-state index in [1.165, 1.54) is 0 Å². The van der Waals surface area contributed by atoms with Crippen molar-refractivity contribution in [1.29, 1.82) is 0 Å². The van der Waals surface area contributed by atoms with Crippen molar-refractivity contribution in [3.8, 4) is 0 Å². The highest BCUT2D eigenvalue weighted by Crippen LogP contribution is 1.93. The lowest BCUT2D eigenvalue weighted by Crippen LogP contribution is -2.23. The summed E-state index contributed by atoms with van der Waals surface area (Å²) in [7, 11) is 0. The molecule has 0 saturated heterocycles. The third-order valence-corrected chi connectivity index (χ3v) is 1.33. The molecule has 0 saturated carbocycles. The Morgan fingerprint density at radius 3 is 2.46 bits per heavy atom. The van der Waals surface area contributed by atoms with Gasteiger partial charge in [-0.05, 0) is 13.8 Å². The zero-order valence-electron chi connectivity index (χ0n) is 8.35. The Hall–Kier alpha value is -1.09. The van der Waals surface area contributed by atoms with Crippen LogP contribution in [0.5, 0.6) is 0 Å². The van der Waals surface area contributed by atoms with Crippen molar-refractivity contribution in [1.82, 2.24) is 5.32 Å². The summed E-state index contributed by atoms with van der Waals surface area (Å²) in [6.45, 7) is 12.5. The van der Waals surface area contributed by atoms with Gasteiger partial charge in [-0.3, -0.25) is 0 Å². The summed E-state index contributed by atoms with van der Waals surface area (Å²) in [5.74, 6) is -0.336. The monoisotopic (exact) mass is 183 g/mol. The minimum atomic E-state index is -0.336. The summed E-state index contributed by atoms with van der Waals surface area (Å²) in [5, 5.41) is 3.02. The first kappa shape index (κ1) is 11.9. The Morgan fingerprint density at radius 1 is 1.38 bits per heavy atom. The van der Waals surface area contributed by atoms with Gasteiger partial charge in [-0.2, -0.15) is 0 Å². The van der Waals surface area contributed by atoms with Crippen LogP contribution in [0.25, 0.3) is 0 Å². The average molecular weight is 183 g/mol. The second kappa shape index (κ2) is 6.43. The van der Waals surface area contributed by atoms with E-state index < -0.39 is 0 Å². The molecule has 0 aromatic carbocycles. The van der Waals surface area contributed by atoms with Gasteiger partial charge in [-0.15, -0.1) is 0 Å². The molecule has 0 aromatic heterocycles. The molecule has 0 atom stereocenters. The smallest absolute Gasteiger partial charge is 0.334 e. The molecular formula is C10H17NO2. The lowest BCUT2D eigenvalue weighted by Gasteiger charge is -2.06. The molecule has 3 nitrogen and oxygen atoms in total. The molecule has 0 aliphatic rings. The standard InChI is InChI=1S/C10H17NO2/c1-5-13-10(12)9(4)7-11-6-8(2)3/h11H,2,4-7H2,1,3H3. The molecule has 0 heterocycles. The fraction of sp³-hybridized carbons (Fsp3) is 0.500. The number of carbonyl (C=O) groups is 1. The van der Waals surface area contributed by atoms with E-state index in [1.54, 1.807) is 6.92 Å². The average Bonchev–Trinajstić information content (AvgIpc) is 2.04. The summed E-state index contributed by atoms with van der Waals surface area (Å²) in [5.41, 5.74) is 1.47. The highest BCUT2D eigenvalue weighted by Gasteiger charge is 2.05. The van der Waals surface area contributed by atoms with Crippen LogP contribution in [0.15, 0.2) is 24.3 Å². The van der Waals surface area contributed by atoms with E-state index in [-0.39, 0.29) is 5.97 Å². The van der Waals surface area contributed by atoms with Crippen LogP contribution in [-0.4, -0.2) is 25.7 Å². The van der Waals surface area contributed by atoms with Gasteiger partial charge in [0.15, 0.2) is 0 Å². The predicted octanol–water partition coefficient (Wildman–Crippen LogP) is 1.27. The Balaban J connectivity index is 3.62. The van der Waals surface area contributed by atoms with Crippen molar-refractivity contribution in [2.45, 2.75) is 13.8 Å². The van der Waals surface area contributed by atoms with Crippen molar-refractivity contribution in [2.75, 3.05) is 19.7 Å². The van der Waals surface area contributed by atoms with Gasteiger partial charge >= 0.3 is 5.97 Å². The molecule has 0 amide bonds. The van der Waals surface area contributed by atoms with Gasteiger partial charge in [-0.1, -0.05) is 18.7 Å². The minimum Gasteiger partial charge on any atom is -0.463 e. The molecule has 0 aliphatic carbocycles. The normalized spacial score (nSPS) is 9.38. The molecule has 0 unspecified atom stereocenters. The van der Waals surface area contributed by atoms with Crippen molar-refractivity contribution in [2.24, 2.45) is 0 Å². The topological polar surface area (TPSA) is 38.3 Å². The summed E-state index contributed by atoms with van der Waals surface area (Å²) >= 11 is 0. The van der Waals surface area contributed by atoms with E-state index in [2.05, 4.69) is 18.5 Å². The number of nitrogens with one attached hydrogen (secondary N) is 1. The second-order valence-electron chi connectivity index (χ2n) is 2.88. The Bertz CT molecular complexity index is 209. The zero-order chi connectivity index (χ0) is 10.3. The van der Waals surface area contributed by atoms with E-state index in [4.69, 9.17) is 4.74 Å². The molecule has 0 rings (SSSR count). The molecule has 13 heavy (non-hydrogen) atoms. The number of carbonyl (C=O) groups excluding carboxylic acids is 1. The Morgan fingerprint density at radius 2 is 2.00 bits per heavy atom. The fourth-order valence-corrected chi connectivity index (χ4v) is 0.732. The zero-order valence-corrected chi connectivity index (χ0v) is 8.35. The molecule has 0 fully saturated rings. The van der Waals surface area contributed by atoms with Gasteiger partial charge in [-0.25, -0.2) is 4.79 Å².